The van der Waals surface area contributed by atoms with Gasteiger partial charge in [-0.15, -0.1) is 0 Å². The first-order valence-corrected chi connectivity index (χ1v) is 22.8. The van der Waals surface area contributed by atoms with Crippen molar-refractivity contribution in [3.8, 4) is 0 Å². The standard InChI is InChI=1S/C54H54O16/c1-30-12-20-35(21-13-30)48(56)61-28-40-42(66-49(57)36-22-14-31(2)15-23-36)45(67-50(58)37-24-16-32(3)17-25-37)47(68-51(59)38-26-18-33(4)19-27-38)54(65-40)70-46-44(63-34(5)55)43-41(64-53(46)60-6)29-62-52(69-43)39-10-8-7-9-11-39/h7-27,40-47,52-54H,28-29H2,1-6H3/t40-,41-,42-,43-,44+,45+,46-,47-,52-,53+,54+/m1/s1. The minimum absolute atomic E-state index is 0.00474. The molecule has 8 rings (SSSR count). The first-order chi connectivity index (χ1) is 33.7. The smallest absolute Gasteiger partial charge is 0.338 e. The number of fused-ring (bicyclic) bond motifs is 1. The Kier molecular flexibility index (Phi) is 15.8. The number of ether oxygens (including phenoxy) is 11. The summed E-state index contributed by atoms with van der Waals surface area (Å²) in [7, 11) is 1.35. The molecule has 0 bridgehead atoms. The quantitative estimate of drug-likeness (QED) is 0.0797. The summed E-state index contributed by atoms with van der Waals surface area (Å²) in [6.07, 6.45) is -15.3. The molecule has 3 saturated heterocycles. The second-order valence-corrected chi connectivity index (χ2v) is 17.3. The van der Waals surface area contributed by atoms with Crippen molar-refractivity contribution in [3.05, 3.63) is 177 Å². The minimum atomic E-state index is -1.80. The highest BCUT2D eigenvalue weighted by atomic mass is 16.8. The molecule has 70 heavy (non-hydrogen) atoms. The van der Waals surface area contributed by atoms with Crippen LogP contribution in [0.4, 0.5) is 0 Å². The monoisotopic (exact) mass is 958 g/mol. The molecule has 5 aromatic rings. The third-order valence-electron chi connectivity index (χ3n) is 12.0. The normalized spacial score (nSPS) is 26.2. The average molecular weight is 959 g/mol. The Morgan fingerprint density at radius 3 is 1.46 bits per heavy atom. The Bertz CT molecular complexity index is 2600. The van der Waals surface area contributed by atoms with E-state index in [-0.39, 0.29) is 28.9 Å². The van der Waals surface area contributed by atoms with E-state index in [2.05, 4.69) is 0 Å². The van der Waals surface area contributed by atoms with Crippen LogP contribution in [0.3, 0.4) is 0 Å². The van der Waals surface area contributed by atoms with Crippen molar-refractivity contribution < 1.29 is 76.1 Å². The average Bonchev–Trinajstić information content (AvgIpc) is 3.36. The van der Waals surface area contributed by atoms with Crippen LogP contribution in [0.25, 0.3) is 0 Å². The molecule has 366 valence electrons. The van der Waals surface area contributed by atoms with Gasteiger partial charge in [-0.1, -0.05) is 101 Å². The number of benzene rings is 5. The number of esters is 5. The van der Waals surface area contributed by atoms with E-state index < -0.39 is 104 Å². The summed E-state index contributed by atoms with van der Waals surface area (Å²) in [4.78, 5) is 69.6. The summed E-state index contributed by atoms with van der Waals surface area (Å²) in [5, 5.41) is 0. The summed E-state index contributed by atoms with van der Waals surface area (Å²) >= 11 is 0. The van der Waals surface area contributed by atoms with Crippen LogP contribution < -0.4 is 0 Å². The largest absolute Gasteiger partial charge is 0.459 e. The van der Waals surface area contributed by atoms with E-state index in [4.69, 9.17) is 52.1 Å². The van der Waals surface area contributed by atoms with Gasteiger partial charge in [0.15, 0.2) is 49.4 Å². The maximum atomic E-state index is 14.4. The van der Waals surface area contributed by atoms with Crippen molar-refractivity contribution in [3.63, 3.8) is 0 Å². The zero-order valence-electron chi connectivity index (χ0n) is 39.4. The van der Waals surface area contributed by atoms with Crippen LogP contribution in [0.15, 0.2) is 127 Å². The van der Waals surface area contributed by atoms with Gasteiger partial charge in [0.25, 0.3) is 0 Å². The minimum Gasteiger partial charge on any atom is -0.459 e. The predicted octanol–water partition coefficient (Wildman–Crippen LogP) is 7.28. The van der Waals surface area contributed by atoms with E-state index >= 15 is 0 Å². The number of carbonyl (C=O) groups is 5. The van der Waals surface area contributed by atoms with Gasteiger partial charge in [0.2, 0.25) is 0 Å². The Morgan fingerprint density at radius 2 is 0.971 bits per heavy atom. The lowest BCUT2D eigenvalue weighted by Crippen LogP contribution is -2.67. The summed E-state index contributed by atoms with van der Waals surface area (Å²) in [6.45, 7) is 8.02. The maximum Gasteiger partial charge on any atom is 0.338 e. The highest BCUT2D eigenvalue weighted by Crippen LogP contribution is 2.39. The molecule has 11 atom stereocenters. The number of hydrogen-bond donors (Lipinski definition) is 0. The zero-order valence-corrected chi connectivity index (χ0v) is 39.4. The number of aryl methyl sites for hydroxylation is 4. The molecular weight excluding hydrogens is 905 g/mol. The summed E-state index contributed by atoms with van der Waals surface area (Å²) in [5.74, 6) is -4.12. The molecule has 0 unspecified atom stereocenters. The van der Waals surface area contributed by atoms with Gasteiger partial charge in [0.05, 0.1) is 28.9 Å². The van der Waals surface area contributed by atoms with Crippen LogP contribution in [0, 0.1) is 27.7 Å². The Labute approximate surface area is 404 Å². The van der Waals surface area contributed by atoms with Crippen LogP contribution in [0.1, 0.15) is 82.5 Å². The molecule has 3 heterocycles. The molecule has 16 heteroatoms. The van der Waals surface area contributed by atoms with Crippen molar-refractivity contribution in [2.75, 3.05) is 20.3 Å². The van der Waals surface area contributed by atoms with E-state index in [0.717, 1.165) is 22.3 Å². The third-order valence-corrected chi connectivity index (χ3v) is 12.0. The molecule has 3 aliphatic rings. The number of rotatable bonds is 14. The fraction of sp³-hybridized carbons (Fsp3) is 0.352. The van der Waals surface area contributed by atoms with Crippen molar-refractivity contribution >= 4 is 29.8 Å². The van der Waals surface area contributed by atoms with Gasteiger partial charge in [-0.2, -0.15) is 0 Å². The van der Waals surface area contributed by atoms with Gasteiger partial charge in [0.1, 0.15) is 24.9 Å². The van der Waals surface area contributed by atoms with Crippen molar-refractivity contribution in [2.45, 2.75) is 102 Å². The van der Waals surface area contributed by atoms with Crippen LogP contribution in [-0.4, -0.2) is 112 Å². The van der Waals surface area contributed by atoms with Crippen molar-refractivity contribution in [2.24, 2.45) is 0 Å². The molecule has 0 amide bonds. The van der Waals surface area contributed by atoms with Crippen molar-refractivity contribution in [1.82, 2.24) is 0 Å². The SMILES string of the molecule is CO[C@H]1O[C@@H]2CO[C@@H](c3ccccc3)O[C@H]2[C@H](OC(C)=O)[C@H]1O[C@@H]1O[C@H](COC(=O)c2ccc(C)cc2)[C@@H](OC(=O)c2ccc(C)cc2)[C@H](OC(=O)c2ccc(C)cc2)[C@H]1OC(=O)c1ccc(C)cc1. The maximum absolute atomic E-state index is 14.4. The summed E-state index contributed by atoms with van der Waals surface area (Å²) < 4.78 is 68.9. The summed E-state index contributed by atoms with van der Waals surface area (Å²) in [5.41, 5.74) is 4.72. The van der Waals surface area contributed by atoms with Gasteiger partial charge in [-0.05, 0) is 76.2 Å². The number of carbonyl (C=O) groups excluding carboxylic acids is 5. The highest BCUT2D eigenvalue weighted by Gasteiger charge is 2.58. The molecule has 0 N–H and O–H groups in total. The van der Waals surface area contributed by atoms with Gasteiger partial charge in [0, 0.05) is 19.6 Å². The molecule has 0 aliphatic carbocycles. The molecule has 3 fully saturated rings. The molecule has 5 aromatic carbocycles. The molecule has 0 radical (unpaired) electrons. The van der Waals surface area contributed by atoms with Crippen LogP contribution >= 0.6 is 0 Å². The molecule has 0 spiro atoms. The van der Waals surface area contributed by atoms with E-state index in [9.17, 15) is 24.0 Å². The predicted molar refractivity (Wildman–Crippen MR) is 247 cm³/mol. The van der Waals surface area contributed by atoms with E-state index in [1.165, 1.54) is 14.0 Å². The molecule has 16 nitrogen and oxygen atoms in total. The number of methoxy groups -OCH3 is 1. The lowest BCUT2D eigenvalue weighted by Gasteiger charge is -2.50. The Hall–Kier alpha value is -6.79. The van der Waals surface area contributed by atoms with Crippen molar-refractivity contribution in [1.29, 1.82) is 0 Å². The fourth-order valence-electron chi connectivity index (χ4n) is 8.24. The van der Waals surface area contributed by atoms with Gasteiger partial charge in [-0.25, -0.2) is 19.2 Å². The van der Waals surface area contributed by atoms with Gasteiger partial charge >= 0.3 is 29.8 Å². The summed E-state index contributed by atoms with van der Waals surface area (Å²) in [6, 6.07) is 35.3. The van der Waals surface area contributed by atoms with Crippen LogP contribution in [0.5, 0.6) is 0 Å². The lowest BCUT2D eigenvalue weighted by molar-refractivity contribution is -0.390. The zero-order chi connectivity index (χ0) is 49.5. The number of hydrogen-bond acceptors (Lipinski definition) is 16. The second-order valence-electron chi connectivity index (χ2n) is 17.3. The van der Waals surface area contributed by atoms with Crippen LogP contribution in [0.2, 0.25) is 0 Å². The second kappa shape index (κ2) is 22.3. The lowest BCUT2D eigenvalue weighted by atomic mass is 9.95. The Morgan fingerprint density at radius 1 is 0.500 bits per heavy atom. The fourth-order valence-corrected chi connectivity index (χ4v) is 8.24. The molecule has 3 aliphatic heterocycles. The van der Waals surface area contributed by atoms with Gasteiger partial charge < -0.3 is 52.1 Å². The highest BCUT2D eigenvalue weighted by molar-refractivity contribution is 5.92. The first-order valence-electron chi connectivity index (χ1n) is 22.8. The molecule has 0 saturated carbocycles. The third kappa shape index (κ3) is 11.8. The topological polar surface area (TPSA) is 187 Å². The molecule has 0 aromatic heterocycles. The molecular formula is C54H54O16. The van der Waals surface area contributed by atoms with Gasteiger partial charge in [-0.3, -0.25) is 4.79 Å². The van der Waals surface area contributed by atoms with E-state index in [0.29, 0.717) is 5.56 Å². The Balaban J connectivity index is 1.23. The first kappa shape index (κ1) is 49.6. The van der Waals surface area contributed by atoms with E-state index in [1.807, 2.05) is 58.0 Å². The van der Waals surface area contributed by atoms with Crippen LogP contribution in [-0.2, 0) is 56.9 Å². The van der Waals surface area contributed by atoms with E-state index in [1.54, 1.807) is 97.1 Å².